The Morgan fingerprint density at radius 1 is 0.974 bits per heavy atom. The number of amides is 1. The van der Waals surface area contributed by atoms with Gasteiger partial charge in [-0.2, -0.15) is 5.10 Å². The highest BCUT2D eigenvalue weighted by Gasteiger charge is 2.27. The number of hydrogen-bond acceptors (Lipinski definition) is 4. The van der Waals surface area contributed by atoms with Crippen molar-refractivity contribution in [2.24, 2.45) is 5.10 Å². The zero-order valence-electron chi connectivity index (χ0n) is 21.0. The van der Waals surface area contributed by atoms with Gasteiger partial charge >= 0.3 is 0 Å². The molecule has 38 heavy (non-hydrogen) atoms. The smallest absolute Gasteiger partial charge is 0.264 e. The summed E-state index contributed by atoms with van der Waals surface area (Å²) in [5, 5.41) is 5.13. The van der Waals surface area contributed by atoms with Crippen LogP contribution in [0.25, 0.3) is 5.69 Å². The van der Waals surface area contributed by atoms with Crippen molar-refractivity contribution in [2.75, 3.05) is 10.8 Å². The molecule has 10 heteroatoms. The fourth-order valence-electron chi connectivity index (χ4n) is 4.02. The Kier molecular flexibility index (Phi) is 8.26. The Labute approximate surface area is 232 Å². The number of aromatic nitrogens is 1. The molecule has 1 aromatic heterocycles. The maximum atomic E-state index is 13.5. The number of carbonyl (C=O) groups is 1. The molecule has 4 rings (SSSR count). The first-order chi connectivity index (χ1) is 18.1. The molecular weight excluding hydrogens is 543 g/mol. The fraction of sp³-hybridized carbons (Fsp3) is 0.143. The van der Waals surface area contributed by atoms with Crippen LogP contribution in [-0.2, 0) is 14.8 Å². The van der Waals surface area contributed by atoms with Gasteiger partial charge in [0.05, 0.1) is 16.8 Å². The van der Waals surface area contributed by atoms with E-state index in [0.717, 1.165) is 32.5 Å². The number of carbonyl (C=O) groups excluding carboxylic acids is 1. The van der Waals surface area contributed by atoms with Crippen molar-refractivity contribution in [1.29, 1.82) is 0 Å². The summed E-state index contributed by atoms with van der Waals surface area (Å²) in [6.07, 6.45) is 1.53. The molecule has 0 spiro atoms. The summed E-state index contributed by atoms with van der Waals surface area (Å²) in [7, 11) is -4.05. The lowest BCUT2D eigenvalue weighted by molar-refractivity contribution is -0.119. The number of nitrogens with one attached hydrogen (secondary N) is 1. The third-order valence-electron chi connectivity index (χ3n) is 6.01. The minimum absolute atomic E-state index is 0.0580. The normalized spacial score (nSPS) is 11.6. The molecule has 1 amide bonds. The lowest BCUT2D eigenvalue weighted by atomic mass is 10.2. The number of benzene rings is 3. The number of nitrogens with zero attached hydrogens (tertiary/aromatic N) is 3. The third-order valence-corrected chi connectivity index (χ3v) is 8.46. The van der Waals surface area contributed by atoms with Crippen LogP contribution in [0, 0.1) is 20.8 Å². The van der Waals surface area contributed by atoms with Crippen LogP contribution in [0.15, 0.2) is 88.9 Å². The third kappa shape index (κ3) is 5.93. The summed E-state index contributed by atoms with van der Waals surface area (Å²) in [5.41, 5.74) is 7.17. The molecule has 0 bridgehead atoms. The largest absolute Gasteiger partial charge is 0.318 e. The van der Waals surface area contributed by atoms with E-state index in [9.17, 15) is 13.2 Å². The van der Waals surface area contributed by atoms with Crippen LogP contribution in [0.4, 0.5) is 5.69 Å². The van der Waals surface area contributed by atoms with E-state index in [1.54, 1.807) is 30.3 Å². The zero-order valence-corrected chi connectivity index (χ0v) is 23.3. The Hall–Kier alpha value is -3.59. The summed E-state index contributed by atoms with van der Waals surface area (Å²) < 4.78 is 30.0. The monoisotopic (exact) mass is 568 g/mol. The first-order valence-corrected chi connectivity index (χ1v) is 13.9. The van der Waals surface area contributed by atoms with Crippen LogP contribution in [0.3, 0.4) is 0 Å². The molecule has 4 aromatic rings. The topological polar surface area (TPSA) is 83.8 Å². The standard InChI is InChI=1S/C28H26Cl2N4O3S/c1-19-9-12-25(16-27(19)30)33(38(36,37)26-7-5-4-6-8-26)18-28(35)32-31-17-22-15-20(2)34(21(22)3)24-13-10-23(29)11-14-24/h4-17H,18H2,1-3H3,(H,32,35)/b31-17+. The van der Waals surface area contributed by atoms with Gasteiger partial charge in [0, 0.05) is 32.7 Å². The Morgan fingerprint density at radius 2 is 1.66 bits per heavy atom. The van der Waals surface area contributed by atoms with Gasteiger partial charge < -0.3 is 4.57 Å². The predicted molar refractivity (Wildman–Crippen MR) is 153 cm³/mol. The van der Waals surface area contributed by atoms with E-state index in [2.05, 4.69) is 15.1 Å². The van der Waals surface area contributed by atoms with Gasteiger partial charge in [0.2, 0.25) is 0 Å². The van der Waals surface area contributed by atoms with E-state index >= 15 is 0 Å². The quantitative estimate of drug-likeness (QED) is 0.207. The Morgan fingerprint density at radius 3 is 2.32 bits per heavy atom. The molecule has 0 radical (unpaired) electrons. The average molecular weight is 570 g/mol. The van der Waals surface area contributed by atoms with E-state index in [-0.39, 0.29) is 10.6 Å². The lowest BCUT2D eigenvalue weighted by Crippen LogP contribution is -2.39. The van der Waals surface area contributed by atoms with Crippen molar-refractivity contribution in [1.82, 2.24) is 9.99 Å². The lowest BCUT2D eigenvalue weighted by Gasteiger charge is -2.24. The summed E-state index contributed by atoms with van der Waals surface area (Å²) in [6, 6.07) is 22.2. The minimum atomic E-state index is -4.05. The van der Waals surface area contributed by atoms with Gasteiger partial charge in [-0.05, 0) is 80.9 Å². The zero-order chi connectivity index (χ0) is 27.4. The second-order valence-electron chi connectivity index (χ2n) is 8.69. The molecule has 0 aliphatic rings. The van der Waals surface area contributed by atoms with Gasteiger partial charge in [-0.3, -0.25) is 9.10 Å². The van der Waals surface area contributed by atoms with Crippen LogP contribution in [-0.4, -0.2) is 31.7 Å². The second-order valence-corrected chi connectivity index (χ2v) is 11.4. The summed E-state index contributed by atoms with van der Waals surface area (Å²) in [6.45, 7) is 5.24. The molecule has 1 N–H and O–H groups in total. The molecule has 0 saturated heterocycles. The molecule has 0 atom stereocenters. The van der Waals surface area contributed by atoms with Gasteiger partial charge in [-0.15, -0.1) is 0 Å². The fourth-order valence-corrected chi connectivity index (χ4v) is 5.75. The molecule has 3 aromatic carbocycles. The summed E-state index contributed by atoms with van der Waals surface area (Å²) >= 11 is 12.3. The van der Waals surface area contributed by atoms with E-state index in [1.165, 1.54) is 24.4 Å². The number of hydrogen-bond donors (Lipinski definition) is 1. The molecular formula is C28H26Cl2N4O3S. The first-order valence-electron chi connectivity index (χ1n) is 11.7. The maximum absolute atomic E-state index is 13.5. The van der Waals surface area contributed by atoms with Crippen LogP contribution >= 0.6 is 23.2 Å². The highest BCUT2D eigenvalue weighted by molar-refractivity contribution is 7.92. The number of sulfonamides is 1. The highest BCUT2D eigenvalue weighted by Crippen LogP contribution is 2.28. The van der Waals surface area contributed by atoms with Crippen molar-refractivity contribution < 1.29 is 13.2 Å². The van der Waals surface area contributed by atoms with Crippen molar-refractivity contribution in [3.63, 3.8) is 0 Å². The molecule has 196 valence electrons. The number of rotatable bonds is 8. The molecule has 1 heterocycles. The van der Waals surface area contributed by atoms with E-state index in [4.69, 9.17) is 23.2 Å². The first kappa shape index (κ1) is 27.4. The van der Waals surface area contributed by atoms with Gasteiger partial charge in [0.15, 0.2) is 0 Å². The SMILES string of the molecule is Cc1ccc(N(CC(=O)N/N=C/c2cc(C)n(-c3ccc(Cl)cc3)c2C)S(=O)(=O)c2ccccc2)cc1Cl. The van der Waals surface area contributed by atoms with Crippen molar-refractivity contribution >= 4 is 51.0 Å². The molecule has 0 aliphatic carbocycles. The number of halogens is 2. The van der Waals surface area contributed by atoms with Crippen LogP contribution in [0.5, 0.6) is 0 Å². The van der Waals surface area contributed by atoms with Gasteiger partial charge in [0.1, 0.15) is 6.54 Å². The van der Waals surface area contributed by atoms with E-state index < -0.39 is 22.5 Å². The number of aryl methyl sites for hydroxylation is 2. The highest BCUT2D eigenvalue weighted by atomic mass is 35.5. The maximum Gasteiger partial charge on any atom is 0.264 e. The molecule has 0 fully saturated rings. The van der Waals surface area contributed by atoms with Crippen molar-refractivity contribution in [3.05, 3.63) is 111 Å². The minimum Gasteiger partial charge on any atom is -0.318 e. The van der Waals surface area contributed by atoms with Crippen LogP contribution in [0.2, 0.25) is 10.0 Å². The Bertz CT molecular complexity index is 1600. The van der Waals surface area contributed by atoms with Gasteiger partial charge in [0.25, 0.3) is 15.9 Å². The number of anilines is 1. The van der Waals surface area contributed by atoms with Crippen LogP contribution < -0.4 is 9.73 Å². The summed E-state index contributed by atoms with van der Waals surface area (Å²) in [4.78, 5) is 12.9. The van der Waals surface area contributed by atoms with E-state index in [1.807, 2.05) is 51.1 Å². The van der Waals surface area contributed by atoms with Crippen molar-refractivity contribution in [2.45, 2.75) is 25.7 Å². The van der Waals surface area contributed by atoms with Crippen LogP contribution in [0.1, 0.15) is 22.5 Å². The van der Waals surface area contributed by atoms with Gasteiger partial charge in [-0.1, -0.05) is 47.5 Å². The summed E-state index contributed by atoms with van der Waals surface area (Å²) in [5.74, 6) is -0.607. The Balaban J connectivity index is 1.56. The van der Waals surface area contributed by atoms with Crippen molar-refractivity contribution in [3.8, 4) is 5.69 Å². The van der Waals surface area contributed by atoms with E-state index in [0.29, 0.717) is 10.0 Å². The second kappa shape index (κ2) is 11.4. The number of hydrazone groups is 1. The average Bonchev–Trinajstić information content (AvgIpc) is 3.18. The van der Waals surface area contributed by atoms with Gasteiger partial charge in [-0.25, -0.2) is 13.8 Å². The molecule has 0 unspecified atom stereocenters. The predicted octanol–water partition coefficient (Wildman–Crippen LogP) is 6.05. The molecule has 7 nitrogen and oxygen atoms in total. The molecule has 0 aliphatic heterocycles. The molecule has 0 saturated carbocycles.